The summed E-state index contributed by atoms with van der Waals surface area (Å²) in [6.07, 6.45) is 1.33. The lowest BCUT2D eigenvalue weighted by Crippen LogP contribution is -2.36. The molecule has 0 saturated carbocycles. The number of hydrogen-bond acceptors (Lipinski definition) is 1. The summed E-state index contributed by atoms with van der Waals surface area (Å²) >= 11 is 9.14. The van der Waals surface area contributed by atoms with Gasteiger partial charge < -0.3 is 5.32 Å². The summed E-state index contributed by atoms with van der Waals surface area (Å²) in [5.74, 6) is 0.0497. The van der Waals surface area contributed by atoms with Crippen LogP contribution in [0.4, 0.5) is 0 Å². The molecular formula is C12H15BrClNO. The van der Waals surface area contributed by atoms with E-state index < -0.39 is 0 Å². The number of carbonyl (C=O) groups is 1. The zero-order valence-corrected chi connectivity index (χ0v) is 11.5. The van der Waals surface area contributed by atoms with E-state index in [1.807, 2.05) is 12.1 Å². The smallest absolute Gasteiger partial charge is 0.224 e. The minimum absolute atomic E-state index is 0.0497. The second-order valence-electron chi connectivity index (χ2n) is 3.63. The van der Waals surface area contributed by atoms with Crippen LogP contribution in [0.15, 0.2) is 24.3 Å². The third kappa shape index (κ3) is 4.54. The molecule has 1 aromatic rings. The molecular weight excluding hydrogens is 289 g/mol. The van der Waals surface area contributed by atoms with E-state index in [1.165, 1.54) is 0 Å². The van der Waals surface area contributed by atoms with Crippen LogP contribution < -0.4 is 5.32 Å². The average molecular weight is 305 g/mol. The van der Waals surface area contributed by atoms with Crippen molar-refractivity contribution in [2.45, 2.75) is 25.8 Å². The highest BCUT2D eigenvalue weighted by molar-refractivity contribution is 9.09. The summed E-state index contributed by atoms with van der Waals surface area (Å²) < 4.78 is 0. The van der Waals surface area contributed by atoms with Gasteiger partial charge in [0.25, 0.3) is 0 Å². The summed E-state index contributed by atoms with van der Waals surface area (Å²) in [7, 11) is 0. The molecule has 0 saturated heterocycles. The SMILES string of the molecule is CCC(CBr)NC(=O)Cc1ccc(Cl)cc1. The minimum Gasteiger partial charge on any atom is -0.352 e. The number of halogens is 2. The number of amides is 1. The van der Waals surface area contributed by atoms with Crippen LogP contribution in [-0.4, -0.2) is 17.3 Å². The number of hydrogen-bond donors (Lipinski definition) is 1. The maximum absolute atomic E-state index is 11.7. The van der Waals surface area contributed by atoms with E-state index >= 15 is 0 Å². The molecule has 0 aliphatic heterocycles. The van der Waals surface area contributed by atoms with Crippen LogP contribution in [-0.2, 0) is 11.2 Å². The molecule has 0 aliphatic rings. The molecule has 1 N–H and O–H groups in total. The van der Waals surface area contributed by atoms with Gasteiger partial charge in [-0.15, -0.1) is 0 Å². The number of nitrogens with one attached hydrogen (secondary N) is 1. The van der Waals surface area contributed by atoms with Gasteiger partial charge in [0, 0.05) is 16.4 Å². The van der Waals surface area contributed by atoms with E-state index in [2.05, 4.69) is 28.2 Å². The fraction of sp³-hybridized carbons (Fsp3) is 0.417. The molecule has 0 heterocycles. The largest absolute Gasteiger partial charge is 0.352 e. The Balaban J connectivity index is 2.48. The van der Waals surface area contributed by atoms with Crippen LogP contribution in [0.5, 0.6) is 0 Å². The lowest BCUT2D eigenvalue weighted by atomic mass is 10.1. The standard InChI is InChI=1S/C12H15BrClNO/c1-2-11(8-13)15-12(16)7-9-3-5-10(14)6-4-9/h3-6,11H,2,7-8H2,1H3,(H,15,16). The molecule has 1 atom stereocenters. The zero-order valence-electron chi connectivity index (χ0n) is 9.17. The van der Waals surface area contributed by atoms with E-state index in [0.29, 0.717) is 11.4 Å². The average Bonchev–Trinajstić information content (AvgIpc) is 2.29. The van der Waals surface area contributed by atoms with Crippen LogP contribution >= 0.6 is 27.5 Å². The van der Waals surface area contributed by atoms with Crippen molar-refractivity contribution >= 4 is 33.4 Å². The van der Waals surface area contributed by atoms with E-state index in [9.17, 15) is 4.79 Å². The van der Waals surface area contributed by atoms with Crippen LogP contribution in [0.3, 0.4) is 0 Å². The Kier molecular flexibility index (Phi) is 5.85. The molecule has 0 aliphatic carbocycles. The number of carbonyl (C=O) groups excluding carboxylic acids is 1. The van der Waals surface area contributed by atoms with Crippen LogP contribution in [0, 0.1) is 0 Å². The second kappa shape index (κ2) is 6.92. The van der Waals surface area contributed by atoms with Crippen molar-refractivity contribution in [1.29, 1.82) is 0 Å². The van der Waals surface area contributed by atoms with Crippen molar-refractivity contribution in [2.24, 2.45) is 0 Å². The van der Waals surface area contributed by atoms with Gasteiger partial charge in [0.2, 0.25) is 5.91 Å². The van der Waals surface area contributed by atoms with Gasteiger partial charge in [-0.3, -0.25) is 4.79 Å². The van der Waals surface area contributed by atoms with E-state index in [1.54, 1.807) is 12.1 Å². The van der Waals surface area contributed by atoms with E-state index in [0.717, 1.165) is 17.3 Å². The zero-order chi connectivity index (χ0) is 12.0. The van der Waals surface area contributed by atoms with Gasteiger partial charge in [0.1, 0.15) is 0 Å². The van der Waals surface area contributed by atoms with E-state index in [-0.39, 0.29) is 11.9 Å². The third-order valence-corrected chi connectivity index (χ3v) is 3.36. The van der Waals surface area contributed by atoms with Crippen molar-refractivity contribution in [2.75, 3.05) is 5.33 Å². The van der Waals surface area contributed by atoms with Gasteiger partial charge in [-0.05, 0) is 24.1 Å². The Labute approximate surface area is 110 Å². The Morgan fingerprint density at radius 2 is 2.06 bits per heavy atom. The molecule has 1 unspecified atom stereocenters. The maximum atomic E-state index is 11.7. The van der Waals surface area contributed by atoms with Gasteiger partial charge in [-0.25, -0.2) is 0 Å². The topological polar surface area (TPSA) is 29.1 Å². The molecule has 0 radical (unpaired) electrons. The first-order valence-corrected chi connectivity index (χ1v) is 6.75. The summed E-state index contributed by atoms with van der Waals surface area (Å²) in [4.78, 5) is 11.7. The molecule has 0 spiro atoms. The highest BCUT2D eigenvalue weighted by atomic mass is 79.9. The Bertz CT molecular complexity index is 335. The molecule has 0 fully saturated rings. The Morgan fingerprint density at radius 1 is 1.44 bits per heavy atom. The second-order valence-corrected chi connectivity index (χ2v) is 4.71. The van der Waals surface area contributed by atoms with Crippen molar-refractivity contribution < 1.29 is 4.79 Å². The fourth-order valence-electron chi connectivity index (χ4n) is 1.32. The van der Waals surface area contributed by atoms with Crippen LogP contribution in [0.2, 0.25) is 5.02 Å². The summed E-state index contributed by atoms with van der Waals surface area (Å²) in [5, 5.41) is 4.44. The van der Waals surface area contributed by atoms with Crippen molar-refractivity contribution in [3.05, 3.63) is 34.9 Å². The lowest BCUT2D eigenvalue weighted by Gasteiger charge is -2.13. The van der Waals surface area contributed by atoms with Gasteiger partial charge >= 0.3 is 0 Å². The Hall–Kier alpha value is -0.540. The van der Waals surface area contributed by atoms with Crippen molar-refractivity contribution in [1.82, 2.24) is 5.32 Å². The molecule has 0 bridgehead atoms. The van der Waals surface area contributed by atoms with Crippen LogP contribution in [0.1, 0.15) is 18.9 Å². The van der Waals surface area contributed by atoms with Gasteiger partial charge in [0.15, 0.2) is 0 Å². The first kappa shape index (κ1) is 13.5. The minimum atomic E-state index is 0.0497. The molecule has 4 heteroatoms. The summed E-state index contributed by atoms with van der Waals surface area (Å²) in [5.41, 5.74) is 0.978. The van der Waals surface area contributed by atoms with Crippen molar-refractivity contribution in [3.8, 4) is 0 Å². The monoisotopic (exact) mass is 303 g/mol. The number of benzene rings is 1. The highest BCUT2D eigenvalue weighted by Crippen LogP contribution is 2.10. The van der Waals surface area contributed by atoms with Gasteiger partial charge in [-0.2, -0.15) is 0 Å². The van der Waals surface area contributed by atoms with Gasteiger partial charge in [-0.1, -0.05) is 46.6 Å². The Morgan fingerprint density at radius 3 is 2.56 bits per heavy atom. The van der Waals surface area contributed by atoms with E-state index in [4.69, 9.17) is 11.6 Å². The third-order valence-electron chi connectivity index (χ3n) is 2.32. The summed E-state index contributed by atoms with van der Waals surface area (Å²) in [6, 6.07) is 7.55. The van der Waals surface area contributed by atoms with Gasteiger partial charge in [0.05, 0.1) is 6.42 Å². The van der Waals surface area contributed by atoms with Crippen molar-refractivity contribution in [3.63, 3.8) is 0 Å². The predicted octanol–water partition coefficient (Wildman–Crippen LogP) is 3.17. The van der Waals surface area contributed by atoms with Crippen LogP contribution in [0.25, 0.3) is 0 Å². The first-order valence-electron chi connectivity index (χ1n) is 5.25. The maximum Gasteiger partial charge on any atom is 0.224 e. The fourth-order valence-corrected chi connectivity index (χ4v) is 2.06. The molecule has 0 aromatic heterocycles. The molecule has 16 heavy (non-hydrogen) atoms. The number of alkyl halides is 1. The molecule has 1 rings (SSSR count). The predicted molar refractivity (Wildman–Crippen MR) is 71.2 cm³/mol. The normalized spacial score (nSPS) is 12.2. The highest BCUT2D eigenvalue weighted by Gasteiger charge is 2.09. The first-order chi connectivity index (χ1) is 7.65. The molecule has 1 aromatic carbocycles. The quantitative estimate of drug-likeness (QED) is 0.832. The lowest BCUT2D eigenvalue weighted by molar-refractivity contribution is -0.121. The molecule has 1 amide bonds. The molecule has 2 nitrogen and oxygen atoms in total. The molecule has 88 valence electrons. The number of rotatable bonds is 5. The summed E-state index contributed by atoms with van der Waals surface area (Å²) in [6.45, 7) is 2.05.